The van der Waals surface area contributed by atoms with Crippen LogP contribution in [0.25, 0.3) is 22.6 Å². The zero-order valence-electron chi connectivity index (χ0n) is 13.1. The van der Waals surface area contributed by atoms with E-state index in [9.17, 15) is 4.79 Å². The topological polar surface area (TPSA) is 76.4 Å². The van der Waals surface area contributed by atoms with E-state index in [0.29, 0.717) is 22.7 Å². The van der Waals surface area contributed by atoms with Crippen molar-refractivity contribution in [3.8, 4) is 17.2 Å². The molecular weight excluding hydrogens is 326 g/mol. The Morgan fingerprint density at radius 2 is 2.08 bits per heavy atom. The summed E-state index contributed by atoms with van der Waals surface area (Å²) >= 11 is 5.04. The van der Waals surface area contributed by atoms with Crippen molar-refractivity contribution in [2.45, 2.75) is 6.92 Å². The SMILES string of the molecule is COc1cccc(-c2nc3cc(NC(=S)NC(C)=O)ccc3o2)c1. The first-order valence-electron chi connectivity index (χ1n) is 7.19. The highest BCUT2D eigenvalue weighted by atomic mass is 32.1. The Kier molecular flexibility index (Phi) is 4.43. The maximum Gasteiger partial charge on any atom is 0.227 e. The van der Waals surface area contributed by atoms with Crippen LogP contribution in [0.5, 0.6) is 5.75 Å². The van der Waals surface area contributed by atoms with Crippen molar-refractivity contribution >= 4 is 40.0 Å². The summed E-state index contributed by atoms with van der Waals surface area (Å²) < 4.78 is 11.0. The molecule has 0 fully saturated rings. The minimum Gasteiger partial charge on any atom is -0.497 e. The number of methoxy groups -OCH3 is 1. The summed E-state index contributed by atoms with van der Waals surface area (Å²) in [7, 11) is 1.61. The predicted octanol–water partition coefficient (Wildman–Crippen LogP) is 3.34. The molecule has 3 rings (SSSR count). The first-order chi connectivity index (χ1) is 11.5. The average molecular weight is 341 g/mol. The van der Waals surface area contributed by atoms with Crippen molar-refractivity contribution in [3.63, 3.8) is 0 Å². The Hall–Kier alpha value is -2.93. The van der Waals surface area contributed by atoms with Crippen LogP contribution in [0.15, 0.2) is 46.9 Å². The zero-order chi connectivity index (χ0) is 17.1. The van der Waals surface area contributed by atoms with Gasteiger partial charge in [-0.2, -0.15) is 0 Å². The van der Waals surface area contributed by atoms with E-state index < -0.39 is 0 Å². The molecule has 0 atom stereocenters. The van der Waals surface area contributed by atoms with Crippen LogP contribution in [0.4, 0.5) is 5.69 Å². The van der Waals surface area contributed by atoms with Crippen molar-refractivity contribution in [2.75, 3.05) is 12.4 Å². The number of benzene rings is 2. The van der Waals surface area contributed by atoms with Gasteiger partial charge in [-0.25, -0.2) is 4.98 Å². The van der Waals surface area contributed by atoms with E-state index in [2.05, 4.69) is 15.6 Å². The zero-order valence-corrected chi connectivity index (χ0v) is 13.9. The molecule has 2 N–H and O–H groups in total. The van der Waals surface area contributed by atoms with Crippen LogP contribution < -0.4 is 15.4 Å². The van der Waals surface area contributed by atoms with Crippen LogP contribution in [0.3, 0.4) is 0 Å². The largest absolute Gasteiger partial charge is 0.497 e. The van der Waals surface area contributed by atoms with Crippen LogP contribution in [0.1, 0.15) is 6.92 Å². The second kappa shape index (κ2) is 6.67. The number of fused-ring (bicyclic) bond motifs is 1. The highest BCUT2D eigenvalue weighted by molar-refractivity contribution is 7.80. The Bertz CT molecular complexity index is 920. The van der Waals surface area contributed by atoms with E-state index in [1.165, 1.54) is 6.92 Å². The first kappa shape index (κ1) is 15.9. The van der Waals surface area contributed by atoms with E-state index in [-0.39, 0.29) is 11.0 Å². The number of aromatic nitrogens is 1. The van der Waals surface area contributed by atoms with Gasteiger partial charge in [0.05, 0.1) is 7.11 Å². The minimum atomic E-state index is -0.227. The molecule has 0 bridgehead atoms. The van der Waals surface area contributed by atoms with E-state index in [1.807, 2.05) is 24.3 Å². The summed E-state index contributed by atoms with van der Waals surface area (Å²) in [6, 6.07) is 12.9. The fourth-order valence-corrected chi connectivity index (χ4v) is 2.47. The van der Waals surface area contributed by atoms with Crippen LogP contribution in [0.2, 0.25) is 0 Å². The number of thiocarbonyl (C=S) groups is 1. The van der Waals surface area contributed by atoms with Gasteiger partial charge >= 0.3 is 0 Å². The Labute approximate surface area is 143 Å². The molecule has 3 aromatic rings. The smallest absolute Gasteiger partial charge is 0.227 e. The third-order valence-electron chi connectivity index (χ3n) is 3.25. The Balaban J connectivity index is 1.88. The van der Waals surface area contributed by atoms with Gasteiger partial charge in [-0.15, -0.1) is 0 Å². The van der Waals surface area contributed by atoms with Crippen molar-refractivity contribution in [3.05, 3.63) is 42.5 Å². The predicted molar refractivity (Wildman–Crippen MR) is 96.0 cm³/mol. The molecular formula is C17H15N3O3S. The van der Waals surface area contributed by atoms with Gasteiger partial charge in [0.2, 0.25) is 11.8 Å². The molecule has 0 saturated carbocycles. The van der Waals surface area contributed by atoms with Gasteiger partial charge in [0.1, 0.15) is 11.3 Å². The fourth-order valence-electron chi connectivity index (χ4n) is 2.21. The molecule has 6 nitrogen and oxygen atoms in total. The quantitative estimate of drug-likeness (QED) is 0.712. The Morgan fingerprint density at radius 3 is 2.83 bits per heavy atom. The number of carbonyl (C=O) groups is 1. The molecule has 1 amide bonds. The number of nitrogens with one attached hydrogen (secondary N) is 2. The number of carbonyl (C=O) groups excluding carboxylic acids is 1. The van der Waals surface area contributed by atoms with Crippen LogP contribution >= 0.6 is 12.2 Å². The minimum absolute atomic E-state index is 0.227. The maximum atomic E-state index is 11.0. The molecule has 1 heterocycles. The van der Waals surface area contributed by atoms with E-state index in [0.717, 1.165) is 11.3 Å². The summed E-state index contributed by atoms with van der Waals surface area (Å²) in [6.07, 6.45) is 0. The first-order valence-corrected chi connectivity index (χ1v) is 7.59. The van der Waals surface area contributed by atoms with E-state index >= 15 is 0 Å². The standard InChI is InChI=1S/C17H15N3O3S/c1-10(21)18-17(24)19-12-6-7-15-14(9-12)20-16(23-15)11-4-3-5-13(8-11)22-2/h3-9H,1-2H3,(H2,18,19,21,24). The van der Waals surface area contributed by atoms with Crippen molar-refractivity contribution < 1.29 is 13.9 Å². The number of hydrogen-bond acceptors (Lipinski definition) is 5. The molecule has 2 aromatic carbocycles. The normalized spacial score (nSPS) is 10.4. The van der Waals surface area contributed by atoms with Crippen molar-refractivity contribution in [1.29, 1.82) is 0 Å². The molecule has 0 unspecified atom stereocenters. The molecule has 7 heteroatoms. The number of amides is 1. The van der Waals surface area contributed by atoms with E-state index in [4.69, 9.17) is 21.4 Å². The lowest BCUT2D eigenvalue weighted by molar-refractivity contribution is -0.117. The lowest BCUT2D eigenvalue weighted by Crippen LogP contribution is -2.32. The fraction of sp³-hybridized carbons (Fsp3) is 0.118. The average Bonchev–Trinajstić information content (AvgIpc) is 2.97. The summed E-state index contributed by atoms with van der Waals surface area (Å²) in [6.45, 7) is 1.40. The number of hydrogen-bond donors (Lipinski definition) is 2. The van der Waals surface area contributed by atoms with Gasteiger partial charge in [0.15, 0.2) is 10.7 Å². The second-order valence-electron chi connectivity index (χ2n) is 5.07. The summed E-state index contributed by atoms with van der Waals surface area (Å²) in [5.41, 5.74) is 2.88. The van der Waals surface area contributed by atoms with Gasteiger partial charge in [-0.1, -0.05) is 6.07 Å². The van der Waals surface area contributed by atoms with Crippen molar-refractivity contribution in [2.24, 2.45) is 0 Å². The number of anilines is 1. The number of nitrogens with zero attached hydrogens (tertiary/aromatic N) is 1. The molecule has 0 aliphatic rings. The lowest BCUT2D eigenvalue weighted by Gasteiger charge is -2.07. The molecule has 0 saturated heterocycles. The molecule has 0 spiro atoms. The van der Waals surface area contributed by atoms with Crippen LogP contribution in [-0.4, -0.2) is 23.1 Å². The van der Waals surface area contributed by atoms with Gasteiger partial charge in [-0.3, -0.25) is 4.79 Å². The number of rotatable bonds is 3. The molecule has 0 aliphatic heterocycles. The molecule has 0 radical (unpaired) electrons. The highest BCUT2D eigenvalue weighted by Crippen LogP contribution is 2.28. The van der Waals surface area contributed by atoms with Gasteiger partial charge in [-0.05, 0) is 48.6 Å². The number of oxazole rings is 1. The van der Waals surface area contributed by atoms with Crippen LogP contribution in [0, 0.1) is 0 Å². The third-order valence-corrected chi connectivity index (χ3v) is 3.46. The summed E-state index contributed by atoms with van der Waals surface area (Å²) in [4.78, 5) is 15.5. The molecule has 0 aliphatic carbocycles. The molecule has 24 heavy (non-hydrogen) atoms. The summed E-state index contributed by atoms with van der Waals surface area (Å²) in [5.74, 6) is 1.01. The number of ether oxygens (including phenoxy) is 1. The van der Waals surface area contributed by atoms with Gasteiger partial charge < -0.3 is 19.8 Å². The monoisotopic (exact) mass is 341 g/mol. The van der Waals surface area contributed by atoms with Gasteiger partial charge in [0, 0.05) is 18.2 Å². The molecule has 1 aromatic heterocycles. The van der Waals surface area contributed by atoms with Gasteiger partial charge in [0.25, 0.3) is 0 Å². The van der Waals surface area contributed by atoms with E-state index in [1.54, 1.807) is 25.3 Å². The highest BCUT2D eigenvalue weighted by Gasteiger charge is 2.10. The summed E-state index contributed by atoms with van der Waals surface area (Å²) in [5, 5.41) is 5.67. The maximum absolute atomic E-state index is 11.0. The van der Waals surface area contributed by atoms with Crippen LogP contribution in [-0.2, 0) is 4.79 Å². The molecule has 122 valence electrons. The van der Waals surface area contributed by atoms with Crippen molar-refractivity contribution in [1.82, 2.24) is 10.3 Å². The lowest BCUT2D eigenvalue weighted by atomic mass is 10.2. The second-order valence-corrected chi connectivity index (χ2v) is 5.48. The Morgan fingerprint density at radius 1 is 1.25 bits per heavy atom. The third kappa shape index (κ3) is 3.52.